The van der Waals surface area contributed by atoms with E-state index in [2.05, 4.69) is 0 Å². The Hall–Kier alpha value is -1.33. The van der Waals surface area contributed by atoms with Gasteiger partial charge in [0, 0.05) is 5.56 Å². The van der Waals surface area contributed by atoms with Gasteiger partial charge in [0.2, 0.25) is 0 Å². The van der Waals surface area contributed by atoms with Crippen LogP contribution in [0.3, 0.4) is 0 Å². The van der Waals surface area contributed by atoms with Gasteiger partial charge in [0.15, 0.2) is 0 Å². The third kappa shape index (κ3) is 1.46. The number of rotatable bonds is 1. The average molecular weight is 180 g/mol. The zero-order valence-electron chi connectivity index (χ0n) is 6.47. The number of benzene rings is 1. The number of hydrogen-bond acceptors (Lipinski definition) is 2. The highest BCUT2D eigenvalue weighted by Crippen LogP contribution is 2.14. The lowest BCUT2D eigenvalue weighted by Crippen LogP contribution is -1.95. The molecule has 1 rings (SSSR count). The minimum absolute atomic E-state index is 0.399. The summed E-state index contributed by atoms with van der Waals surface area (Å²) in [6.07, 6.45) is 0. The zero-order valence-corrected chi connectivity index (χ0v) is 7.22. The van der Waals surface area contributed by atoms with Gasteiger partial charge in [0.05, 0.1) is 11.6 Å². The topological polar surface area (TPSA) is 40.9 Å². The normalized spacial score (nSPS) is 9.08. The monoisotopic (exact) mass is 179 g/mol. The van der Waals surface area contributed by atoms with Crippen LogP contribution in [0.5, 0.6) is 0 Å². The van der Waals surface area contributed by atoms with Gasteiger partial charge in [-0.25, -0.2) is 0 Å². The fraction of sp³-hybridized carbons (Fsp3) is 0.111. The third-order valence-corrected chi connectivity index (χ3v) is 1.87. The van der Waals surface area contributed by atoms with Gasteiger partial charge in [0.25, 0.3) is 5.24 Å². The third-order valence-electron chi connectivity index (χ3n) is 1.67. The molecule has 2 nitrogen and oxygen atoms in total. The van der Waals surface area contributed by atoms with Crippen LogP contribution in [0.2, 0.25) is 0 Å². The molecule has 0 amide bonds. The lowest BCUT2D eigenvalue weighted by molar-refractivity contribution is 0.108. The molecule has 0 aliphatic rings. The summed E-state index contributed by atoms with van der Waals surface area (Å²) >= 11 is 5.29. The lowest BCUT2D eigenvalue weighted by atomic mass is 10.0. The molecule has 0 unspecified atom stereocenters. The molecule has 0 aliphatic carbocycles. The predicted octanol–water partition coefficient (Wildman–Crippen LogP) is 2.25. The molecule has 0 heterocycles. The Morgan fingerprint density at radius 1 is 1.58 bits per heavy atom. The van der Waals surface area contributed by atoms with Crippen molar-refractivity contribution in [1.82, 2.24) is 0 Å². The largest absolute Gasteiger partial charge is 0.276 e. The number of carbonyl (C=O) groups excluding carboxylic acids is 1. The van der Waals surface area contributed by atoms with Gasteiger partial charge < -0.3 is 0 Å². The molecule has 3 heteroatoms. The molecule has 0 spiro atoms. The molecule has 1 aromatic rings. The van der Waals surface area contributed by atoms with Crippen LogP contribution >= 0.6 is 11.6 Å². The minimum atomic E-state index is -0.524. The molecule has 0 aliphatic heterocycles. The van der Waals surface area contributed by atoms with Gasteiger partial charge in [-0.05, 0) is 36.2 Å². The fourth-order valence-corrected chi connectivity index (χ4v) is 1.17. The van der Waals surface area contributed by atoms with Crippen LogP contribution in [0, 0.1) is 18.3 Å². The van der Waals surface area contributed by atoms with E-state index in [0.717, 1.165) is 0 Å². The Bertz CT molecular complexity index is 365. The summed E-state index contributed by atoms with van der Waals surface area (Å²) in [5.41, 5.74) is 1.53. The van der Waals surface area contributed by atoms with Crippen molar-refractivity contribution >= 4 is 16.8 Å². The highest BCUT2D eigenvalue weighted by Gasteiger charge is 2.07. The van der Waals surface area contributed by atoms with Crippen molar-refractivity contribution in [2.45, 2.75) is 6.92 Å². The van der Waals surface area contributed by atoms with Crippen LogP contribution in [-0.4, -0.2) is 5.24 Å². The Kier molecular flexibility index (Phi) is 2.47. The lowest BCUT2D eigenvalue weighted by Gasteiger charge is -2.00. The van der Waals surface area contributed by atoms with E-state index in [-0.39, 0.29) is 0 Å². The van der Waals surface area contributed by atoms with Crippen molar-refractivity contribution in [1.29, 1.82) is 5.26 Å². The maximum absolute atomic E-state index is 10.8. The van der Waals surface area contributed by atoms with E-state index in [1.807, 2.05) is 6.07 Å². The van der Waals surface area contributed by atoms with E-state index < -0.39 is 5.24 Å². The molecule has 60 valence electrons. The van der Waals surface area contributed by atoms with Crippen molar-refractivity contribution in [2.24, 2.45) is 0 Å². The zero-order chi connectivity index (χ0) is 9.14. The second-order valence-corrected chi connectivity index (χ2v) is 2.71. The van der Waals surface area contributed by atoms with Crippen LogP contribution in [0.4, 0.5) is 0 Å². The summed E-state index contributed by atoms with van der Waals surface area (Å²) in [6, 6.07) is 6.87. The van der Waals surface area contributed by atoms with E-state index >= 15 is 0 Å². The van der Waals surface area contributed by atoms with Gasteiger partial charge in [0.1, 0.15) is 0 Å². The fourth-order valence-electron chi connectivity index (χ4n) is 0.970. The summed E-state index contributed by atoms with van der Waals surface area (Å²) < 4.78 is 0. The van der Waals surface area contributed by atoms with Gasteiger partial charge in [-0.15, -0.1) is 0 Å². The number of nitriles is 1. The first kappa shape index (κ1) is 8.76. The predicted molar refractivity (Wildman–Crippen MR) is 46.1 cm³/mol. The molecule has 0 aromatic heterocycles. The van der Waals surface area contributed by atoms with Gasteiger partial charge in [-0.3, -0.25) is 4.79 Å². The van der Waals surface area contributed by atoms with E-state index in [1.165, 1.54) is 0 Å². The van der Waals surface area contributed by atoms with Crippen molar-refractivity contribution in [3.63, 3.8) is 0 Å². The van der Waals surface area contributed by atoms with Crippen molar-refractivity contribution in [2.75, 3.05) is 0 Å². The van der Waals surface area contributed by atoms with E-state index in [0.29, 0.717) is 16.7 Å². The Balaban J connectivity index is 3.35. The molecular formula is C9H6ClNO. The van der Waals surface area contributed by atoms with E-state index in [4.69, 9.17) is 16.9 Å². The molecule has 0 radical (unpaired) electrons. The standard InChI is InChI=1S/C9H6ClNO/c1-6-7(5-11)3-2-4-8(6)9(10)12/h2-4H,1H3. The second kappa shape index (κ2) is 3.38. The van der Waals surface area contributed by atoms with Crippen molar-refractivity contribution in [3.05, 3.63) is 34.9 Å². The molecule has 12 heavy (non-hydrogen) atoms. The van der Waals surface area contributed by atoms with Crippen LogP contribution in [0.15, 0.2) is 18.2 Å². The van der Waals surface area contributed by atoms with Crippen LogP contribution in [0.1, 0.15) is 21.5 Å². The van der Waals surface area contributed by atoms with Crippen molar-refractivity contribution < 1.29 is 4.79 Å². The first-order chi connectivity index (χ1) is 5.66. The van der Waals surface area contributed by atoms with Crippen molar-refractivity contribution in [3.8, 4) is 6.07 Å². The molecule has 0 fully saturated rings. The first-order valence-corrected chi connectivity index (χ1v) is 3.74. The number of nitrogens with zero attached hydrogens (tertiary/aromatic N) is 1. The highest BCUT2D eigenvalue weighted by molar-refractivity contribution is 6.67. The van der Waals surface area contributed by atoms with E-state index in [9.17, 15) is 4.79 Å². The second-order valence-electron chi connectivity index (χ2n) is 2.36. The molecule has 1 aromatic carbocycles. The van der Waals surface area contributed by atoms with Gasteiger partial charge in [-0.2, -0.15) is 5.26 Å². The first-order valence-electron chi connectivity index (χ1n) is 3.36. The van der Waals surface area contributed by atoms with Crippen LogP contribution in [0.25, 0.3) is 0 Å². The summed E-state index contributed by atoms with van der Waals surface area (Å²) in [5, 5.41) is 8.10. The van der Waals surface area contributed by atoms with Crippen LogP contribution in [-0.2, 0) is 0 Å². The number of halogens is 1. The minimum Gasteiger partial charge on any atom is -0.276 e. The molecule has 0 saturated heterocycles. The highest BCUT2D eigenvalue weighted by atomic mass is 35.5. The number of carbonyl (C=O) groups is 1. The Labute approximate surface area is 75.4 Å². The maximum Gasteiger partial charge on any atom is 0.252 e. The quantitative estimate of drug-likeness (QED) is 0.621. The smallest absolute Gasteiger partial charge is 0.252 e. The molecule has 0 bridgehead atoms. The molecule has 0 N–H and O–H groups in total. The summed E-state index contributed by atoms with van der Waals surface area (Å²) in [7, 11) is 0. The summed E-state index contributed by atoms with van der Waals surface area (Å²) in [6.45, 7) is 1.70. The molecule has 0 saturated carbocycles. The molecule has 0 atom stereocenters. The maximum atomic E-state index is 10.8. The van der Waals surface area contributed by atoms with Crippen LogP contribution < -0.4 is 0 Å². The van der Waals surface area contributed by atoms with E-state index in [1.54, 1.807) is 25.1 Å². The summed E-state index contributed by atoms with van der Waals surface area (Å²) in [4.78, 5) is 10.8. The SMILES string of the molecule is Cc1c(C#N)cccc1C(=O)Cl. The van der Waals surface area contributed by atoms with Gasteiger partial charge in [-0.1, -0.05) is 6.07 Å². The molecular weight excluding hydrogens is 174 g/mol. The average Bonchev–Trinajstić information content (AvgIpc) is 2.04. The Morgan fingerprint density at radius 2 is 2.25 bits per heavy atom. The summed E-state index contributed by atoms with van der Waals surface area (Å²) in [5.74, 6) is 0. The Morgan fingerprint density at radius 3 is 2.75 bits per heavy atom. The number of hydrogen-bond donors (Lipinski definition) is 0. The van der Waals surface area contributed by atoms with Gasteiger partial charge >= 0.3 is 0 Å².